The number of nitrogens with zero attached hydrogens (tertiary/aromatic N) is 1. The van der Waals surface area contributed by atoms with Crippen LogP contribution in [-0.2, 0) is 24.7 Å². The van der Waals surface area contributed by atoms with Crippen LogP contribution in [0.3, 0.4) is 0 Å². The molecule has 1 N–H and O–H groups in total. The number of alkyl halides is 1. The average Bonchev–Trinajstić information content (AvgIpc) is 3.57. The molecule has 1 saturated carbocycles. The molecule has 1 amide bonds. The summed E-state index contributed by atoms with van der Waals surface area (Å²) in [6.07, 6.45) is 1.76. The monoisotopic (exact) mass is 482 g/mol. The lowest BCUT2D eigenvalue weighted by atomic mass is 9.76. The Hall–Kier alpha value is -2.34. The third-order valence-corrected chi connectivity index (χ3v) is 9.29. The largest absolute Gasteiger partial charge is 0.339 e. The molecule has 1 atom stereocenters. The molecule has 2 aliphatic rings. The zero-order valence-electron chi connectivity index (χ0n) is 17.3. The van der Waals surface area contributed by atoms with Gasteiger partial charge in [-0.2, -0.15) is 8.70 Å². The number of nitrogens with one attached hydrogen (secondary N) is 1. The fourth-order valence-corrected chi connectivity index (χ4v) is 6.96. The molecule has 1 saturated heterocycles. The van der Waals surface area contributed by atoms with Gasteiger partial charge < -0.3 is 0 Å². The molecule has 1 aliphatic heterocycles. The van der Waals surface area contributed by atoms with E-state index in [1.807, 2.05) is 5.48 Å². The van der Waals surface area contributed by atoms with Crippen molar-refractivity contribution in [1.82, 2.24) is 9.79 Å². The van der Waals surface area contributed by atoms with Crippen molar-refractivity contribution in [3.63, 3.8) is 0 Å². The molecular weight excluding hydrogens is 459 g/mol. The summed E-state index contributed by atoms with van der Waals surface area (Å²) >= 11 is 0. The second kappa shape index (κ2) is 7.91. The lowest BCUT2D eigenvalue weighted by Crippen LogP contribution is -2.71. The van der Waals surface area contributed by atoms with Crippen molar-refractivity contribution in [2.45, 2.75) is 22.9 Å². The van der Waals surface area contributed by atoms with Gasteiger partial charge in [-0.3, -0.25) is 4.79 Å². The summed E-state index contributed by atoms with van der Waals surface area (Å²) in [6.45, 7) is -0.751. The van der Waals surface area contributed by atoms with Crippen LogP contribution in [0.25, 0.3) is 0 Å². The average molecular weight is 483 g/mol. The zero-order valence-corrected chi connectivity index (χ0v) is 18.9. The van der Waals surface area contributed by atoms with Crippen LogP contribution in [0.1, 0.15) is 23.2 Å². The summed E-state index contributed by atoms with van der Waals surface area (Å²) in [5.74, 6) is -1.20. The lowest BCUT2D eigenvalue weighted by molar-refractivity contribution is -0.226. The predicted molar refractivity (Wildman–Crippen MR) is 114 cm³/mol. The van der Waals surface area contributed by atoms with Gasteiger partial charge in [0.05, 0.1) is 10.3 Å². The molecule has 0 radical (unpaired) electrons. The van der Waals surface area contributed by atoms with E-state index < -0.39 is 42.3 Å². The topological polar surface area (TPSA) is 110 Å². The van der Waals surface area contributed by atoms with Crippen molar-refractivity contribution >= 4 is 25.8 Å². The van der Waals surface area contributed by atoms with E-state index in [0.29, 0.717) is 19.1 Å². The molecule has 2 fully saturated rings. The van der Waals surface area contributed by atoms with Crippen molar-refractivity contribution in [2.24, 2.45) is 11.3 Å². The van der Waals surface area contributed by atoms with Gasteiger partial charge >= 0.3 is 5.19 Å². The Balaban J connectivity index is 1.61. The van der Waals surface area contributed by atoms with Crippen LogP contribution >= 0.6 is 0 Å². The summed E-state index contributed by atoms with van der Waals surface area (Å²) in [5, 5.41) is -3.30. The smallest absolute Gasteiger partial charge is 0.267 e. The van der Waals surface area contributed by atoms with Crippen molar-refractivity contribution in [1.29, 1.82) is 0 Å². The minimum Gasteiger partial charge on any atom is -0.267 e. The molecule has 4 rings (SSSR count). The maximum absolute atomic E-state index is 16.3. The third kappa shape index (κ3) is 3.72. The summed E-state index contributed by atoms with van der Waals surface area (Å²) in [5.41, 5.74) is 0.452. The molecule has 1 heterocycles. The molecule has 8 nitrogen and oxygen atoms in total. The highest BCUT2D eigenvalue weighted by molar-refractivity contribution is 7.91. The Morgan fingerprint density at radius 2 is 1.56 bits per heavy atom. The number of sulfone groups is 1. The standard InChI is InChI=1S/C21H23FN2O6S2/c1-31(26,27)21(22,30-23-19(25)16-8-4-2-5-9-16)20(17-12-13-17)14-24(15-20)32(28,29)18-10-6-3-7-11-18/h2-11,17H,12-15H2,1H3,(H,23,25). The first-order valence-corrected chi connectivity index (χ1v) is 13.3. The minimum atomic E-state index is -4.52. The number of hydrogen-bond acceptors (Lipinski definition) is 6. The Morgan fingerprint density at radius 3 is 2.06 bits per heavy atom. The number of hydrogen-bond donors (Lipinski definition) is 1. The fraction of sp³-hybridized carbons (Fsp3) is 0.381. The summed E-state index contributed by atoms with van der Waals surface area (Å²) in [7, 11) is -8.45. The van der Waals surface area contributed by atoms with Gasteiger partial charge in [0, 0.05) is 24.9 Å². The second-order valence-corrected chi connectivity index (χ2v) is 12.2. The molecule has 0 spiro atoms. The highest BCUT2D eigenvalue weighted by atomic mass is 32.2. The third-order valence-electron chi connectivity index (χ3n) is 6.04. The van der Waals surface area contributed by atoms with Gasteiger partial charge in [-0.15, -0.1) is 0 Å². The number of sulfonamides is 1. The van der Waals surface area contributed by atoms with Crippen LogP contribution in [-0.4, -0.2) is 51.6 Å². The summed E-state index contributed by atoms with van der Waals surface area (Å²) in [4.78, 5) is 17.4. The fourth-order valence-electron chi connectivity index (χ4n) is 4.13. The molecule has 0 aromatic heterocycles. The molecule has 32 heavy (non-hydrogen) atoms. The zero-order chi connectivity index (χ0) is 23.2. The second-order valence-electron chi connectivity index (χ2n) is 8.22. The Kier molecular flexibility index (Phi) is 5.64. The van der Waals surface area contributed by atoms with E-state index in [2.05, 4.69) is 0 Å². The molecule has 2 aromatic rings. The first-order valence-electron chi connectivity index (χ1n) is 9.98. The molecule has 1 unspecified atom stereocenters. The number of hydroxylamine groups is 1. The SMILES string of the molecule is CS(=O)(=O)C(F)(ONC(=O)c1ccccc1)C1(C2CC2)CN(S(=O)(=O)c2ccccc2)C1. The molecule has 2 aromatic carbocycles. The number of amides is 1. The van der Waals surface area contributed by atoms with Crippen molar-refractivity contribution in [3.05, 3.63) is 66.2 Å². The van der Waals surface area contributed by atoms with E-state index in [1.165, 1.54) is 24.3 Å². The number of carbonyl (C=O) groups excluding carboxylic acids is 1. The first-order chi connectivity index (χ1) is 15.0. The van der Waals surface area contributed by atoms with E-state index in [1.54, 1.807) is 36.4 Å². The van der Waals surface area contributed by atoms with Crippen LogP contribution in [0.2, 0.25) is 0 Å². The van der Waals surface area contributed by atoms with E-state index in [0.717, 1.165) is 4.31 Å². The van der Waals surface area contributed by atoms with Crippen molar-refractivity contribution < 1.29 is 30.9 Å². The van der Waals surface area contributed by atoms with Gasteiger partial charge in [-0.05, 0) is 43.0 Å². The van der Waals surface area contributed by atoms with Crippen LogP contribution in [0.5, 0.6) is 0 Å². The van der Waals surface area contributed by atoms with E-state index >= 15 is 4.39 Å². The summed E-state index contributed by atoms with van der Waals surface area (Å²) < 4.78 is 68.3. The maximum Gasteiger partial charge on any atom is 0.339 e. The predicted octanol–water partition coefficient (Wildman–Crippen LogP) is 2.12. The minimum absolute atomic E-state index is 0.0338. The van der Waals surface area contributed by atoms with Crippen LogP contribution in [0.4, 0.5) is 4.39 Å². The van der Waals surface area contributed by atoms with Gasteiger partial charge in [-0.25, -0.2) is 27.2 Å². The Morgan fingerprint density at radius 1 is 1.03 bits per heavy atom. The molecule has 11 heteroatoms. The van der Waals surface area contributed by atoms with E-state index in [4.69, 9.17) is 4.84 Å². The van der Waals surface area contributed by atoms with Crippen molar-refractivity contribution in [2.75, 3.05) is 19.3 Å². The van der Waals surface area contributed by atoms with Gasteiger partial charge in [0.25, 0.3) is 5.91 Å². The molecule has 1 aliphatic carbocycles. The van der Waals surface area contributed by atoms with E-state index in [-0.39, 0.29) is 23.5 Å². The van der Waals surface area contributed by atoms with Crippen LogP contribution < -0.4 is 5.48 Å². The highest BCUT2D eigenvalue weighted by Crippen LogP contribution is 2.60. The van der Waals surface area contributed by atoms with Gasteiger partial charge in [-0.1, -0.05) is 36.4 Å². The quantitative estimate of drug-likeness (QED) is 0.577. The van der Waals surface area contributed by atoms with Gasteiger partial charge in [0.15, 0.2) is 0 Å². The Labute approximate surface area is 186 Å². The first kappa shape index (κ1) is 22.8. The van der Waals surface area contributed by atoms with Crippen LogP contribution in [0, 0.1) is 11.3 Å². The maximum atomic E-state index is 16.3. The Bertz CT molecular complexity index is 1210. The molecule has 0 bridgehead atoms. The van der Waals surface area contributed by atoms with Crippen molar-refractivity contribution in [3.8, 4) is 0 Å². The summed E-state index contributed by atoms with van der Waals surface area (Å²) in [6, 6.07) is 15.5. The van der Waals surface area contributed by atoms with Crippen LogP contribution in [0.15, 0.2) is 65.6 Å². The number of benzene rings is 2. The number of rotatable bonds is 8. The lowest BCUT2D eigenvalue weighted by Gasteiger charge is -2.54. The number of carbonyl (C=O) groups is 1. The van der Waals surface area contributed by atoms with Gasteiger partial charge in [0.1, 0.15) is 0 Å². The highest BCUT2D eigenvalue weighted by Gasteiger charge is 2.73. The molecule has 172 valence electrons. The van der Waals surface area contributed by atoms with E-state index in [9.17, 15) is 21.6 Å². The number of halogens is 1. The van der Waals surface area contributed by atoms with Gasteiger partial charge in [0.2, 0.25) is 19.9 Å². The molecular formula is C21H23FN2O6S2. The normalized spacial score (nSPS) is 20.7.